The van der Waals surface area contributed by atoms with E-state index in [-0.39, 0.29) is 0 Å². The molecular weight excluding hydrogens is 342 g/mol. The molecule has 2 heterocycles. The maximum Gasteiger partial charge on any atom is 0.334 e. The molecule has 0 saturated carbocycles. The summed E-state index contributed by atoms with van der Waals surface area (Å²) in [5, 5.41) is 22.5. The topological polar surface area (TPSA) is 87.2 Å². The van der Waals surface area contributed by atoms with Crippen molar-refractivity contribution < 1.29 is 14.6 Å². The zero-order valence-corrected chi connectivity index (χ0v) is 15.2. The molecule has 0 radical (unpaired) electrons. The van der Waals surface area contributed by atoms with Gasteiger partial charge in [0.2, 0.25) is 0 Å². The van der Waals surface area contributed by atoms with E-state index in [1.807, 2.05) is 43.3 Å². The predicted molar refractivity (Wildman–Crippen MR) is 104 cm³/mol. The van der Waals surface area contributed by atoms with Crippen LogP contribution in [0.3, 0.4) is 0 Å². The molecule has 0 aliphatic carbocycles. The predicted octanol–water partition coefficient (Wildman–Crippen LogP) is 4.27. The standard InChI is InChI=1S/C21H21N3O3/c1-3-6-15-19(21(25)26)18(14-11-22-24-20(14)23-15)17-13-8-5-4-7-12(13)9-10-16(17)27-2/h4-5,7-11,18H,3,6H2,1-2H3,(H,25,26)(H2,22,23,24). The number of methoxy groups -OCH3 is 1. The lowest BCUT2D eigenvalue weighted by atomic mass is 9.79. The van der Waals surface area contributed by atoms with Crippen LogP contribution in [0.4, 0.5) is 5.82 Å². The van der Waals surface area contributed by atoms with Crippen LogP contribution >= 0.6 is 0 Å². The van der Waals surface area contributed by atoms with Crippen molar-refractivity contribution in [3.05, 3.63) is 65.0 Å². The lowest BCUT2D eigenvalue weighted by Gasteiger charge is -2.29. The van der Waals surface area contributed by atoms with E-state index in [0.29, 0.717) is 23.4 Å². The van der Waals surface area contributed by atoms with E-state index < -0.39 is 11.9 Å². The van der Waals surface area contributed by atoms with E-state index in [2.05, 4.69) is 15.5 Å². The molecule has 1 aromatic heterocycles. The Morgan fingerprint density at radius 1 is 1.26 bits per heavy atom. The van der Waals surface area contributed by atoms with E-state index in [9.17, 15) is 9.90 Å². The Morgan fingerprint density at radius 2 is 2.07 bits per heavy atom. The highest BCUT2D eigenvalue weighted by Crippen LogP contribution is 2.47. The Labute approximate surface area is 156 Å². The van der Waals surface area contributed by atoms with Crippen molar-refractivity contribution in [2.45, 2.75) is 25.7 Å². The number of H-pyrrole nitrogens is 1. The van der Waals surface area contributed by atoms with Crippen LogP contribution in [-0.4, -0.2) is 28.4 Å². The number of aliphatic carboxylic acids is 1. The monoisotopic (exact) mass is 363 g/mol. The van der Waals surface area contributed by atoms with Crippen LogP contribution in [0.1, 0.15) is 36.8 Å². The SMILES string of the molecule is CCCC1=C(C(=O)O)C(c2c(OC)ccc3ccccc23)c2cn[nH]c2N1. The summed E-state index contributed by atoms with van der Waals surface area (Å²) in [6.45, 7) is 2.03. The minimum Gasteiger partial charge on any atom is -0.496 e. The van der Waals surface area contributed by atoms with Gasteiger partial charge in [-0.2, -0.15) is 5.10 Å². The summed E-state index contributed by atoms with van der Waals surface area (Å²) < 4.78 is 5.65. The summed E-state index contributed by atoms with van der Waals surface area (Å²) in [5.41, 5.74) is 2.72. The first kappa shape index (κ1) is 17.1. The number of rotatable bonds is 5. The second kappa shape index (κ2) is 6.79. The highest BCUT2D eigenvalue weighted by atomic mass is 16.5. The minimum atomic E-state index is -0.933. The van der Waals surface area contributed by atoms with Gasteiger partial charge in [0.25, 0.3) is 0 Å². The maximum atomic E-state index is 12.3. The van der Waals surface area contributed by atoms with Gasteiger partial charge in [-0.15, -0.1) is 0 Å². The molecule has 3 aromatic rings. The first-order valence-electron chi connectivity index (χ1n) is 8.98. The van der Waals surface area contributed by atoms with E-state index in [1.165, 1.54) is 0 Å². The number of nitrogens with one attached hydrogen (secondary N) is 2. The molecule has 1 atom stereocenters. The third-order valence-electron chi connectivity index (χ3n) is 5.04. The van der Waals surface area contributed by atoms with Gasteiger partial charge in [-0.1, -0.05) is 43.7 Å². The third kappa shape index (κ3) is 2.73. The Bertz CT molecular complexity index is 1050. The quantitative estimate of drug-likeness (QED) is 0.630. The van der Waals surface area contributed by atoms with Gasteiger partial charge in [0.05, 0.1) is 24.8 Å². The van der Waals surface area contributed by atoms with Crippen molar-refractivity contribution in [2.75, 3.05) is 12.4 Å². The van der Waals surface area contributed by atoms with E-state index in [1.54, 1.807) is 13.3 Å². The minimum absolute atomic E-state index is 0.348. The van der Waals surface area contributed by atoms with E-state index in [0.717, 1.165) is 34.1 Å². The Hall–Kier alpha value is -3.28. The van der Waals surface area contributed by atoms with Crippen molar-refractivity contribution in [1.82, 2.24) is 10.2 Å². The molecule has 0 saturated heterocycles. The molecule has 6 heteroatoms. The molecule has 1 aliphatic heterocycles. The van der Waals surface area contributed by atoms with Crippen molar-refractivity contribution in [2.24, 2.45) is 0 Å². The average Bonchev–Trinajstić information content (AvgIpc) is 3.14. The molecule has 0 fully saturated rings. The van der Waals surface area contributed by atoms with Gasteiger partial charge >= 0.3 is 5.97 Å². The van der Waals surface area contributed by atoms with Gasteiger partial charge in [0.1, 0.15) is 11.6 Å². The van der Waals surface area contributed by atoms with Crippen molar-refractivity contribution in [3.8, 4) is 5.75 Å². The smallest absolute Gasteiger partial charge is 0.334 e. The molecule has 6 nitrogen and oxygen atoms in total. The zero-order valence-electron chi connectivity index (χ0n) is 15.2. The molecule has 3 N–H and O–H groups in total. The van der Waals surface area contributed by atoms with Crippen LogP contribution in [0.5, 0.6) is 5.75 Å². The molecule has 27 heavy (non-hydrogen) atoms. The van der Waals surface area contributed by atoms with Gasteiger partial charge in [-0.05, 0) is 23.3 Å². The Kier molecular flexibility index (Phi) is 4.32. The largest absolute Gasteiger partial charge is 0.496 e. The van der Waals surface area contributed by atoms with Crippen LogP contribution in [0.2, 0.25) is 0 Å². The number of anilines is 1. The molecule has 0 spiro atoms. The third-order valence-corrected chi connectivity index (χ3v) is 5.04. The van der Waals surface area contributed by atoms with Crippen LogP contribution in [0.25, 0.3) is 10.8 Å². The first-order valence-corrected chi connectivity index (χ1v) is 8.98. The van der Waals surface area contributed by atoms with Gasteiger partial charge in [-0.25, -0.2) is 4.79 Å². The number of carboxylic acids is 1. The summed E-state index contributed by atoms with van der Waals surface area (Å²) in [6, 6.07) is 11.9. The zero-order chi connectivity index (χ0) is 19.0. The Balaban J connectivity index is 2.07. The van der Waals surface area contributed by atoms with Gasteiger partial charge < -0.3 is 15.2 Å². The summed E-state index contributed by atoms with van der Waals surface area (Å²) in [6.07, 6.45) is 3.17. The molecule has 1 aliphatic rings. The molecular formula is C21H21N3O3. The molecule has 138 valence electrons. The highest BCUT2D eigenvalue weighted by Gasteiger charge is 2.36. The second-order valence-electron chi connectivity index (χ2n) is 6.61. The Morgan fingerprint density at radius 3 is 2.81 bits per heavy atom. The molecule has 4 rings (SSSR count). The number of hydrogen-bond acceptors (Lipinski definition) is 4. The number of ether oxygens (including phenoxy) is 1. The molecule has 0 bridgehead atoms. The molecule has 2 aromatic carbocycles. The summed E-state index contributed by atoms with van der Waals surface area (Å²) in [5.74, 6) is 0.00340. The summed E-state index contributed by atoms with van der Waals surface area (Å²) in [4.78, 5) is 12.3. The number of fused-ring (bicyclic) bond motifs is 2. The van der Waals surface area contributed by atoms with Crippen molar-refractivity contribution in [1.29, 1.82) is 0 Å². The number of carbonyl (C=O) groups is 1. The summed E-state index contributed by atoms with van der Waals surface area (Å²) in [7, 11) is 1.61. The first-order chi connectivity index (χ1) is 13.2. The number of carboxylic acid groups (broad SMARTS) is 1. The average molecular weight is 363 g/mol. The fourth-order valence-electron chi connectivity index (χ4n) is 3.91. The fourth-order valence-corrected chi connectivity index (χ4v) is 3.91. The molecule has 1 unspecified atom stereocenters. The van der Waals surface area contributed by atoms with E-state index in [4.69, 9.17) is 4.74 Å². The second-order valence-corrected chi connectivity index (χ2v) is 6.61. The van der Waals surface area contributed by atoms with Gasteiger partial charge in [-0.3, -0.25) is 5.10 Å². The normalized spacial score (nSPS) is 16.1. The van der Waals surface area contributed by atoms with Crippen molar-refractivity contribution in [3.63, 3.8) is 0 Å². The molecule has 0 amide bonds. The van der Waals surface area contributed by atoms with Crippen LogP contribution < -0.4 is 10.1 Å². The van der Waals surface area contributed by atoms with Gasteiger partial charge in [0, 0.05) is 16.8 Å². The number of allylic oxidation sites excluding steroid dienone is 1. The lowest BCUT2D eigenvalue weighted by molar-refractivity contribution is -0.133. The number of nitrogens with zero attached hydrogens (tertiary/aromatic N) is 1. The fraction of sp³-hybridized carbons (Fsp3) is 0.238. The van der Waals surface area contributed by atoms with Crippen LogP contribution in [0.15, 0.2) is 53.9 Å². The van der Waals surface area contributed by atoms with Crippen molar-refractivity contribution >= 4 is 22.6 Å². The number of aromatic nitrogens is 2. The summed E-state index contributed by atoms with van der Waals surface area (Å²) >= 11 is 0. The van der Waals surface area contributed by atoms with Crippen LogP contribution in [0, 0.1) is 0 Å². The van der Waals surface area contributed by atoms with E-state index >= 15 is 0 Å². The lowest BCUT2D eigenvalue weighted by Crippen LogP contribution is -2.24. The maximum absolute atomic E-state index is 12.3. The number of benzene rings is 2. The number of hydrogen-bond donors (Lipinski definition) is 3. The number of aromatic amines is 1. The van der Waals surface area contributed by atoms with Crippen LogP contribution in [-0.2, 0) is 4.79 Å². The highest BCUT2D eigenvalue weighted by molar-refractivity contribution is 5.97. The van der Waals surface area contributed by atoms with Gasteiger partial charge in [0.15, 0.2) is 0 Å².